The van der Waals surface area contributed by atoms with Crippen molar-refractivity contribution < 1.29 is 24.2 Å². The highest BCUT2D eigenvalue weighted by atomic mass is 16.5. The van der Waals surface area contributed by atoms with Crippen LogP contribution < -0.4 is 5.32 Å². The summed E-state index contributed by atoms with van der Waals surface area (Å²) >= 11 is 0. The van der Waals surface area contributed by atoms with Crippen molar-refractivity contribution in [3.05, 3.63) is 71.8 Å². The molecule has 3 aromatic carbocycles. The number of carbonyl (C=O) groups is 2. The fourth-order valence-electron chi connectivity index (χ4n) is 4.28. The zero-order valence-electron chi connectivity index (χ0n) is 19.3. The standard InChI is InChI=1S/C27H30N2O5/c1-2-33-15-16-34-18-19-7-5-9-21(17-19)28-26(31)24-11-6-14-29(24)27(32)23-13-12-20-8-3-4-10-22(20)25(23)30/h3-5,7-10,12-13,17,24,30H,2,6,11,14-16,18H2,1H3,(H,28,31). The minimum Gasteiger partial charge on any atom is -0.506 e. The van der Waals surface area contributed by atoms with E-state index in [4.69, 9.17) is 9.47 Å². The van der Waals surface area contributed by atoms with Gasteiger partial charge in [0.2, 0.25) is 5.91 Å². The lowest BCUT2D eigenvalue weighted by molar-refractivity contribution is -0.119. The number of aromatic hydroxyl groups is 1. The van der Waals surface area contributed by atoms with Crippen LogP contribution in [0.3, 0.4) is 0 Å². The molecule has 2 N–H and O–H groups in total. The van der Waals surface area contributed by atoms with Gasteiger partial charge in [0.1, 0.15) is 11.8 Å². The summed E-state index contributed by atoms with van der Waals surface area (Å²) in [4.78, 5) is 27.9. The summed E-state index contributed by atoms with van der Waals surface area (Å²) in [6.07, 6.45) is 1.30. The summed E-state index contributed by atoms with van der Waals surface area (Å²) in [6, 6.07) is 17.7. The van der Waals surface area contributed by atoms with Gasteiger partial charge in [-0.15, -0.1) is 0 Å². The molecule has 0 aromatic heterocycles. The number of anilines is 1. The summed E-state index contributed by atoms with van der Waals surface area (Å²) in [5, 5.41) is 15.1. The molecular formula is C27H30N2O5. The van der Waals surface area contributed by atoms with E-state index in [2.05, 4.69) is 5.32 Å². The van der Waals surface area contributed by atoms with Crippen molar-refractivity contribution in [1.82, 2.24) is 4.90 Å². The quantitative estimate of drug-likeness (QED) is 0.462. The summed E-state index contributed by atoms with van der Waals surface area (Å²) < 4.78 is 10.9. The van der Waals surface area contributed by atoms with Gasteiger partial charge >= 0.3 is 0 Å². The van der Waals surface area contributed by atoms with Crippen LogP contribution in [0.2, 0.25) is 0 Å². The molecule has 1 atom stereocenters. The molecule has 3 aromatic rings. The SMILES string of the molecule is CCOCCOCc1cccc(NC(=O)C2CCCN2C(=O)c2ccc3ccccc3c2O)c1. The number of ether oxygens (including phenoxy) is 2. The first-order valence-corrected chi connectivity index (χ1v) is 11.7. The molecule has 7 heteroatoms. The molecule has 0 aliphatic carbocycles. The average molecular weight is 463 g/mol. The predicted octanol–water partition coefficient (Wildman–Crippen LogP) is 4.34. The van der Waals surface area contributed by atoms with Crippen LogP contribution in [0.15, 0.2) is 60.7 Å². The molecule has 4 rings (SSSR count). The average Bonchev–Trinajstić information content (AvgIpc) is 3.34. The molecule has 0 saturated carbocycles. The summed E-state index contributed by atoms with van der Waals surface area (Å²) in [5.41, 5.74) is 1.81. The molecule has 1 aliphatic rings. The van der Waals surface area contributed by atoms with E-state index in [1.54, 1.807) is 17.0 Å². The van der Waals surface area contributed by atoms with Crippen LogP contribution in [-0.4, -0.2) is 54.2 Å². The number of amides is 2. The smallest absolute Gasteiger partial charge is 0.258 e. The highest BCUT2D eigenvalue weighted by Crippen LogP contribution is 2.31. The van der Waals surface area contributed by atoms with Crippen LogP contribution in [0.5, 0.6) is 5.75 Å². The summed E-state index contributed by atoms with van der Waals surface area (Å²) in [7, 11) is 0. The molecular weight excluding hydrogens is 432 g/mol. The highest BCUT2D eigenvalue weighted by Gasteiger charge is 2.35. The van der Waals surface area contributed by atoms with Gasteiger partial charge in [0.05, 0.1) is 25.4 Å². The van der Waals surface area contributed by atoms with Gasteiger partial charge in [-0.05, 0) is 48.9 Å². The maximum Gasteiger partial charge on any atom is 0.258 e. The van der Waals surface area contributed by atoms with Crippen molar-refractivity contribution in [1.29, 1.82) is 0 Å². The Hall–Kier alpha value is -3.42. The Morgan fingerprint density at radius 2 is 1.88 bits per heavy atom. The van der Waals surface area contributed by atoms with Crippen molar-refractivity contribution in [2.75, 3.05) is 31.7 Å². The van der Waals surface area contributed by atoms with Gasteiger partial charge in [-0.3, -0.25) is 9.59 Å². The van der Waals surface area contributed by atoms with Gasteiger partial charge in [0, 0.05) is 24.2 Å². The van der Waals surface area contributed by atoms with Gasteiger partial charge in [-0.2, -0.15) is 0 Å². The van der Waals surface area contributed by atoms with E-state index in [-0.39, 0.29) is 23.1 Å². The van der Waals surface area contributed by atoms with Gasteiger partial charge in [-0.25, -0.2) is 0 Å². The molecule has 1 unspecified atom stereocenters. The number of nitrogens with one attached hydrogen (secondary N) is 1. The molecule has 0 spiro atoms. The molecule has 34 heavy (non-hydrogen) atoms. The number of carbonyl (C=O) groups excluding carboxylic acids is 2. The van der Waals surface area contributed by atoms with Crippen LogP contribution in [0, 0.1) is 0 Å². The maximum absolute atomic E-state index is 13.3. The van der Waals surface area contributed by atoms with E-state index in [9.17, 15) is 14.7 Å². The van der Waals surface area contributed by atoms with Crippen molar-refractivity contribution in [2.24, 2.45) is 0 Å². The van der Waals surface area contributed by atoms with E-state index < -0.39 is 6.04 Å². The van der Waals surface area contributed by atoms with Crippen molar-refractivity contribution in [3.63, 3.8) is 0 Å². The molecule has 1 fully saturated rings. The highest BCUT2D eigenvalue weighted by molar-refractivity contribution is 6.06. The summed E-state index contributed by atoms with van der Waals surface area (Å²) in [6.45, 7) is 4.54. The van der Waals surface area contributed by atoms with E-state index >= 15 is 0 Å². The normalized spacial score (nSPS) is 15.6. The van der Waals surface area contributed by atoms with E-state index in [0.717, 1.165) is 17.4 Å². The number of fused-ring (bicyclic) bond motifs is 1. The second kappa shape index (κ2) is 11.1. The second-order valence-corrected chi connectivity index (χ2v) is 8.28. The number of nitrogens with zero attached hydrogens (tertiary/aromatic N) is 1. The molecule has 1 heterocycles. The van der Waals surface area contributed by atoms with Gasteiger partial charge < -0.3 is 24.8 Å². The molecule has 1 aliphatic heterocycles. The van der Waals surface area contributed by atoms with Crippen molar-refractivity contribution in [2.45, 2.75) is 32.4 Å². The van der Waals surface area contributed by atoms with E-state index in [1.807, 2.05) is 55.5 Å². The van der Waals surface area contributed by atoms with Crippen LogP contribution in [0.25, 0.3) is 10.8 Å². The third-order valence-electron chi connectivity index (χ3n) is 5.99. The first kappa shape index (κ1) is 23.7. The largest absolute Gasteiger partial charge is 0.506 e. The molecule has 1 saturated heterocycles. The zero-order chi connectivity index (χ0) is 23.9. The number of hydrogen-bond acceptors (Lipinski definition) is 5. The zero-order valence-corrected chi connectivity index (χ0v) is 19.3. The number of phenolic OH excluding ortho intramolecular Hbond substituents is 1. The van der Waals surface area contributed by atoms with Gasteiger partial charge in [0.25, 0.3) is 5.91 Å². The first-order chi connectivity index (χ1) is 16.6. The second-order valence-electron chi connectivity index (χ2n) is 8.28. The fraction of sp³-hybridized carbons (Fsp3) is 0.333. The first-order valence-electron chi connectivity index (χ1n) is 11.7. The Morgan fingerprint density at radius 1 is 1.06 bits per heavy atom. The number of benzene rings is 3. The molecule has 178 valence electrons. The van der Waals surface area contributed by atoms with E-state index in [0.29, 0.717) is 50.5 Å². The van der Waals surface area contributed by atoms with Crippen molar-refractivity contribution in [3.8, 4) is 5.75 Å². The Morgan fingerprint density at radius 3 is 2.74 bits per heavy atom. The third-order valence-corrected chi connectivity index (χ3v) is 5.99. The topological polar surface area (TPSA) is 88.1 Å². The molecule has 2 amide bonds. The monoisotopic (exact) mass is 462 g/mol. The Bertz CT molecular complexity index is 1160. The van der Waals surface area contributed by atoms with E-state index in [1.165, 1.54) is 0 Å². The summed E-state index contributed by atoms with van der Waals surface area (Å²) in [5.74, 6) is -0.621. The maximum atomic E-state index is 13.3. The lowest BCUT2D eigenvalue weighted by atomic mass is 10.0. The lowest BCUT2D eigenvalue weighted by Gasteiger charge is -2.24. The van der Waals surface area contributed by atoms with Crippen molar-refractivity contribution >= 4 is 28.3 Å². The van der Waals surface area contributed by atoms with Crippen LogP contribution in [0.4, 0.5) is 5.69 Å². The Labute approximate surface area is 199 Å². The third kappa shape index (κ3) is 5.38. The minimum absolute atomic E-state index is 0.0498. The predicted molar refractivity (Wildman–Crippen MR) is 131 cm³/mol. The van der Waals surface area contributed by atoms with Crippen LogP contribution in [0.1, 0.15) is 35.7 Å². The number of hydrogen-bond donors (Lipinski definition) is 2. The van der Waals surface area contributed by atoms with Gasteiger partial charge in [0.15, 0.2) is 0 Å². The number of rotatable bonds is 9. The Kier molecular flexibility index (Phi) is 7.77. The van der Waals surface area contributed by atoms with Crippen LogP contribution in [-0.2, 0) is 20.9 Å². The Balaban J connectivity index is 1.42. The fourth-order valence-corrected chi connectivity index (χ4v) is 4.28. The molecule has 0 radical (unpaired) electrons. The lowest BCUT2D eigenvalue weighted by Crippen LogP contribution is -2.43. The molecule has 0 bridgehead atoms. The number of likely N-dealkylation sites (tertiary alicyclic amines) is 1. The van der Waals surface area contributed by atoms with Gasteiger partial charge in [-0.1, -0.05) is 42.5 Å². The van der Waals surface area contributed by atoms with Crippen LogP contribution >= 0.6 is 0 Å². The minimum atomic E-state index is -0.593. The number of phenols is 1. The molecule has 7 nitrogen and oxygen atoms in total.